The fraction of sp³-hybridized carbons (Fsp3) is 0.263. The highest BCUT2D eigenvalue weighted by Gasteiger charge is 2.20. The third-order valence-corrected chi connectivity index (χ3v) is 4.40. The molecule has 0 saturated carbocycles. The van der Waals surface area contributed by atoms with Crippen molar-refractivity contribution in [2.24, 2.45) is 0 Å². The van der Waals surface area contributed by atoms with Crippen LogP contribution >= 0.6 is 15.9 Å². The molecule has 0 spiro atoms. The molecule has 0 aliphatic heterocycles. The van der Waals surface area contributed by atoms with Gasteiger partial charge in [0, 0.05) is 16.8 Å². The third kappa shape index (κ3) is 5.49. The molecule has 2 aromatic carbocycles. The molecule has 126 valence electrons. The lowest BCUT2D eigenvalue weighted by Crippen LogP contribution is -2.28. The van der Waals surface area contributed by atoms with Gasteiger partial charge in [-0.15, -0.1) is 0 Å². The molecule has 0 bridgehead atoms. The van der Waals surface area contributed by atoms with Crippen LogP contribution in [0, 0.1) is 0 Å². The Kier molecular flexibility index (Phi) is 6.55. The van der Waals surface area contributed by atoms with Crippen molar-refractivity contribution in [2.45, 2.75) is 31.7 Å². The van der Waals surface area contributed by atoms with E-state index in [4.69, 9.17) is 5.11 Å². The molecule has 2 atom stereocenters. The van der Waals surface area contributed by atoms with Gasteiger partial charge < -0.3 is 10.4 Å². The average molecular weight is 390 g/mol. The van der Waals surface area contributed by atoms with E-state index in [1.165, 1.54) is 0 Å². The Bertz CT molecular complexity index is 686. The molecule has 5 heteroatoms. The first-order valence-electron chi connectivity index (χ1n) is 7.77. The zero-order valence-corrected chi connectivity index (χ0v) is 15.0. The van der Waals surface area contributed by atoms with E-state index >= 15 is 0 Å². The minimum Gasteiger partial charge on any atom is -0.481 e. The van der Waals surface area contributed by atoms with Crippen LogP contribution in [-0.4, -0.2) is 17.0 Å². The van der Waals surface area contributed by atoms with Crippen molar-refractivity contribution < 1.29 is 14.7 Å². The Morgan fingerprint density at radius 1 is 1.00 bits per heavy atom. The van der Waals surface area contributed by atoms with Crippen LogP contribution in [0.1, 0.15) is 42.9 Å². The number of carboxylic acid groups (broad SMARTS) is 1. The molecule has 2 rings (SSSR count). The number of hydrogen-bond acceptors (Lipinski definition) is 2. The number of carbonyl (C=O) groups is 2. The van der Waals surface area contributed by atoms with Gasteiger partial charge in [-0.05, 0) is 30.2 Å². The van der Waals surface area contributed by atoms with E-state index in [1.807, 2.05) is 61.5 Å². The summed E-state index contributed by atoms with van der Waals surface area (Å²) >= 11 is 3.38. The number of carboxylic acids is 1. The van der Waals surface area contributed by atoms with E-state index in [-0.39, 0.29) is 30.7 Å². The minimum absolute atomic E-state index is 0.0654. The van der Waals surface area contributed by atoms with Crippen LogP contribution in [0.15, 0.2) is 59.1 Å². The van der Waals surface area contributed by atoms with Crippen molar-refractivity contribution in [3.05, 3.63) is 70.2 Å². The molecule has 0 unspecified atom stereocenters. The van der Waals surface area contributed by atoms with Gasteiger partial charge in [-0.1, -0.05) is 58.4 Å². The van der Waals surface area contributed by atoms with E-state index in [0.717, 1.165) is 15.6 Å². The smallest absolute Gasteiger partial charge is 0.303 e. The van der Waals surface area contributed by atoms with Crippen LogP contribution in [-0.2, 0) is 9.59 Å². The summed E-state index contributed by atoms with van der Waals surface area (Å²) in [6.07, 6.45) is 0.0846. The first kappa shape index (κ1) is 18.2. The van der Waals surface area contributed by atoms with E-state index in [9.17, 15) is 9.59 Å². The molecule has 0 fully saturated rings. The Labute approximate surface area is 150 Å². The maximum atomic E-state index is 12.3. The van der Waals surface area contributed by atoms with Gasteiger partial charge in [-0.3, -0.25) is 9.59 Å². The molecule has 24 heavy (non-hydrogen) atoms. The quantitative estimate of drug-likeness (QED) is 0.742. The van der Waals surface area contributed by atoms with Gasteiger partial charge in [0.25, 0.3) is 0 Å². The average Bonchev–Trinajstić information content (AvgIpc) is 2.55. The van der Waals surface area contributed by atoms with Gasteiger partial charge >= 0.3 is 5.97 Å². The Morgan fingerprint density at radius 3 is 2.21 bits per heavy atom. The molecule has 0 aliphatic carbocycles. The highest BCUT2D eigenvalue weighted by atomic mass is 79.9. The standard InChI is InChI=1S/C19H20BrNO3/c1-13(14-7-9-17(20)10-8-14)21-18(22)11-16(12-19(23)24)15-5-3-2-4-6-15/h2-10,13,16H,11-12H2,1H3,(H,21,22)(H,23,24)/t13-,16-/m0/s1. The van der Waals surface area contributed by atoms with E-state index in [2.05, 4.69) is 21.2 Å². The predicted molar refractivity (Wildman–Crippen MR) is 96.8 cm³/mol. The van der Waals surface area contributed by atoms with Gasteiger partial charge in [-0.25, -0.2) is 0 Å². The van der Waals surface area contributed by atoms with Gasteiger partial charge in [0.15, 0.2) is 0 Å². The summed E-state index contributed by atoms with van der Waals surface area (Å²) in [5, 5.41) is 12.0. The van der Waals surface area contributed by atoms with Crippen LogP contribution in [0.5, 0.6) is 0 Å². The molecular formula is C19H20BrNO3. The lowest BCUT2D eigenvalue weighted by Gasteiger charge is -2.18. The second-order valence-corrected chi connectivity index (χ2v) is 6.67. The summed E-state index contributed by atoms with van der Waals surface area (Å²) in [6.45, 7) is 1.91. The molecule has 0 aromatic heterocycles. The maximum Gasteiger partial charge on any atom is 0.303 e. The normalized spacial score (nSPS) is 13.1. The number of benzene rings is 2. The SMILES string of the molecule is C[C@H](NC(=O)C[C@@H](CC(=O)O)c1ccccc1)c1ccc(Br)cc1. The number of carbonyl (C=O) groups excluding carboxylic acids is 1. The molecular weight excluding hydrogens is 370 g/mol. The topological polar surface area (TPSA) is 66.4 Å². The second-order valence-electron chi connectivity index (χ2n) is 5.75. The van der Waals surface area contributed by atoms with E-state index in [0.29, 0.717) is 0 Å². The van der Waals surface area contributed by atoms with Crippen LogP contribution in [0.2, 0.25) is 0 Å². The van der Waals surface area contributed by atoms with Crippen molar-refractivity contribution >= 4 is 27.8 Å². The van der Waals surface area contributed by atoms with Crippen molar-refractivity contribution in [2.75, 3.05) is 0 Å². The lowest BCUT2D eigenvalue weighted by molar-refractivity contribution is -0.137. The Hall–Kier alpha value is -2.14. The number of aliphatic carboxylic acids is 1. The van der Waals surface area contributed by atoms with E-state index < -0.39 is 5.97 Å². The summed E-state index contributed by atoms with van der Waals surface area (Å²) in [5.74, 6) is -1.39. The van der Waals surface area contributed by atoms with Gasteiger partial charge in [-0.2, -0.15) is 0 Å². The van der Waals surface area contributed by atoms with Crippen LogP contribution in [0.4, 0.5) is 0 Å². The van der Waals surface area contributed by atoms with Crippen molar-refractivity contribution in [1.82, 2.24) is 5.32 Å². The fourth-order valence-corrected chi connectivity index (χ4v) is 2.87. The third-order valence-electron chi connectivity index (χ3n) is 3.87. The zero-order valence-electron chi connectivity index (χ0n) is 13.4. The van der Waals surface area contributed by atoms with Crippen molar-refractivity contribution in [3.8, 4) is 0 Å². The van der Waals surface area contributed by atoms with Gasteiger partial charge in [0.1, 0.15) is 0 Å². The molecule has 0 aliphatic rings. The first-order chi connectivity index (χ1) is 11.5. The molecule has 1 amide bonds. The number of rotatable bonds is 7. The molecule has 0 heterocycles. The summed E-state index contributed by atoms with van der Waals surface area (Å²) in [6, 6.07) is 16.9. The zero-order chi connectivity index (χ0) is 17.5. The number of halogens is 1. The Balaban J connectivity index is 2.02. The number of nitrogens with one attached hydrogen (secondary N) is 1. The van der Waals surface area contributed by atoms with Crippen molar-refractivity contribution in [1.29, 1.82) is 0 Å². The molecule has 0 radical (unpaired) electrons. The summed E-state index contributed by atoms with van der Waals surface area (Å²) in [7, 11) is 0. The summed E-state index contributed by atoms with van der Waals surface area (Å²) < 4.78 is 0.982. The van der Waals surface area contributed by atoms with E-state index in [1.54, 1.807) is 0 Å². The molecule has 2 N–H and O–H groups in total. The highest BCUT2D eigenvalue weighted by Crippen LogP contribution is 2.24. The van der Waals surface area contributed by atoms with Crippen LogP contribution in [0.3, 0.4) is 0 Å². The predicted octanol–water partition coefficient (Wildman–Crippen LogP) is 4.27. The lowest BCUT2D eigenvalue weighted by atomic mass is 9.92. The summed E-state index contributed by atoms with van der Waals surface area (Å²) in [4.78, 5) is 23.4. The monoisotopic (exact) mass is 389 g/mol. The van der Waals surface area contributed by atoms with Crippen molar-refractivity contribution in [3.63, 3.8) is 0 Å². The van der Waals surface area contributed by atoms with Gasteiger partial charge in [0.2, 0.25) is 5.91 Å². The maximum absolute atomic E-state index is 12.3. The largest absolute Gasteiger partial charge is 0.481 e. The molecule has 2 aromatic rings. The van der Waals surface area contributed by atoms with Crippen LogP contribution < -0.4 is 5.32 Å². The minimum atomic E-state index is -0.905. The van der Waals surface area contributed by atoms with Gasteiger partial charge in [0.05, 0.1) is 12.5 Å². The molecule has 0 saturated heterocycles. The summed E-state index contributed by atoms with van der Waals surface area (Å²) in [5.41, 5.74) is 1.87. The Morgan fingerprint density at radius 2 is 1.62 bits per heavy atom. The second kappa shape index (κ2) is 8.64. The number of hydrogen-bond donors (Lipinski definition) is 2. The highest BCUT2D eigenvalue weighted by molar-refractivity contribution is 9.10. The fourth-order valence-electron chi connectivity index (χ4n) is 2.60. The first-order valence-corrected chi connectivity index (χ1v) is 8.56. The molecule has 4 nitrogen and oxygen atoms in total. The number of amides is 1. The van der Waals surface area contributed by atoms with Crippen LogP contribution in [0.25, 0.3) is 0 Å².